The highest BCUT2D eigenvalue weighted by atomic mass is 127. The Bertz CT molecular complexity index is 568. The number of oxazole rings is 1. The number of aliphatic imine (C=N–C) groups is 1. The van der Waals surface area contributed by atoms with Crippen LogP contribution in [-0.4, -0.2) is 41.5 Å². The summed E-state index contributed by atoms with van der Waals surface area (Å²) in [5.41, 5.74) is 7.13. The molecule has 3 rings (SSSR count). The molecule has 0 atom stereocenters. The van der Waals surface area contributed by atoms with Crippen LogP contribution in [0.1, 0.15) is 68.7 Å². The van der Waals surface area contributed by atoms with Gasteiger partial charge in [0.15, 0.2) is 5.96 Å². The van der Waals surface area contributed by atoms with Gasteiger partial charge in [-0.05, 0) is 58.5 Å². The van der Waals surface area contributed by atoms with Gasteiger partial charge in [0.25, 0.3) is 0 Å². The monoisotopic (exact) mass is 489 g/mol. The number of piperidine rings is 1. The van der Waals surface area contributed by atoms with Gasteiger partial charge in [-0.15, -0.1) is 24.0 Å². The number of aromatic nitrogens is 1. The van der Waals surface area contributed by atoms with E-state index in [2.05, 4.69) is 20.2 Å². The highest BCUT2D eigenvalue weighted by molar-refractivity contribution is 14.0. The molecule has 1 aromatic rings. The van der Waals surface area contributed by atoms with Crippen LogP contribution in [0.4, 0.5) is 0 Å². The molecule has 1 saturated heterocycles. The summed E-state index contributed by atoms with van der Waals surface area (Å²) >= 11 is 0. The first-order valence-corrected chi connectivity index (χ1v) is 10.3. The van der Waals surface area contributed by atoms with Gasteiger partial charge in [-0.1, -0.05) is 25.7 Å². The minimum absolute atomic E-state index is 0. The average Bonchev–Trinajstić information content (AvgIpc) is 2.81. The maximum atomic E-state index is 6.13. The van der Waals surface area contributed by atoms with Crippen LogP contribution in [0, 0.1) is 19.8 Å². The molecule has 1 aliphatic carbocycles. The van der Waals surface area contributed by atoms with E-state index >= 15 is 0 Å². The summed E-state index contributed by atoms with van der Waals surface area (Å²) in [6.45, 7) is 7.80. The quantitative estimate of drug-likeness (QED) is 0.285. The molecule has 1 aliphatic heterocycles. The van der Waals surface area contributed by atoms with Gasteiger partial charge >= 0.3 is 0 Å². The van der Waals surface area contributed by atoms with Gasteiger partial charge in [0.05, 0.1) is 12.2 Å². The summed E-state index contributed by atoms with van der Waals surface area (Å²) in [5.74, 6) is 3.05. The Kier molecular flexibility index (Phi) is 9.35. The SMILES string of the molecule is Cc1nc(CN2CCC(CN=C(N)NC3CCCCCC3)CC2)oc1C.I. The van der Waals surface area contributed by atoms with Gasteiger partial charge in [-0.25, -0.2) is 4.98 Å². The van der Waals surface area contributed by atoms with Crippen LogP contribution in [0.5, 0.6) is 0 Å². The topological polar surface area (TPSA) is 79.7 Å². The summed E-state index contributed by atoms with van der Waals surface area (Å²) < 4.78 is 5.70. The Balaban J connectivity index is 0.00000261. The van der Waals surface area contributed by atoms with E-state index < -0.39 is 0 Å². The van der Waals surface area contributed by atoms with Crippen LogP contribution >= 0.6 is 24.0 Å². The molecule has 2 fully saturated rings. The Hall–Kier alpha value is -0.830. The van der Waals surface area contributed by atoms with Gasteiger partial charge in [0.2, 0.25) is 5.89 Å². The van der Waals surface area contributed by atoms with E-state index in [0.717, 1.165) is 43.5 Å². The largest absolute Gasteiger partial charge is 0.444 e. The molecule has 0 amide bonds. The van der Waals surface area contributed by atoms with Crippen molar-refractivity contribution in [3.63, 3.8) is 0 Å². The number of hydrogen-bond donors (Lipinski definition) is 2. The van der Waals surface area contributed by atoms with E-state index in [0.29, 0.717) is 17.9 Å². The molecule has 6 nitrogen and oxygen atoms in total. The summed E-state index contributed by atoms with van der Waals surface area (Å²) in [6.07, 6.45) is 10.1. The number of likely N-dealkylation sites (tertiary alicyclic amines) is 1. The first-order chi connectivity index (χ1) is 12.6. The zero-order valence-corrected chi connectivity index (χ0v) is 19.2. The van der Waals surface area contributed by atoms with Crippen molar-refractivity contribution >= 4 is 29.9 Å². The molecule has 0 spiro atoms. The summed E-state index contributed by atoms with van der Waals surface area (Å²) in [6, 6.07) is 0.524. The molecular weight excluding hydrogens is 453 g/mol. The van der Waals surface area contributed by atoms with Crippen molar-refractivity contribution in [1.82, 2.24) is 15.2 Å². The van der Waals surface area contributed by atoms with Crippen molar-refractivity contribution in [3.8, 4) is 0 Å². The van der Waals surface area contributed by atoms with E-state index in [9.17, 15) is 0 Å². The second-order valence-corrected chi connectivity index (χ2v) is 8.03. The molecule has 0 bridgehead atoms. The minimum Gasteiger partial charge on any atom is -0.444 e. The third kappa shape index (κ3) is 7.25. The maximum absolute atomic E-state index is 6.13. The van der Waals surface area contributed by atoms with E-state index in [4.69, 9.17) is 10.2 Å². The van der Waals surface area contributed by atoms with Crippen molar-refractivity contribution in [3.05, 3.63) is 17.3 Å². The first-order valence-electron chi connectivity index (χ1n) is 10.3. The van der Waals surface area contributed by atoms with E-state index in [1.54, 1.807) is 0 Å². The minimum atomic E-state index is 0. The van der Waals surface area contributed by atoms with Crippen molar-refractivity contribution in [2.24, 2.45) is 16.6 Å². The second-order valence-electron chi connectivity index (χ2n) is 8.03. The zero-order chi connectivity index (χ0) is 18.4. The number of nitrogens with one attached hydrogen (secondary N) is 1. The summed E-state index contributed by atoms with van der Waals surface area (Å²) in [4.78, 5) is 11.5. The lowest BCUT2D eigenvalue weighted by Gasteiger charge is -2.30. The van der Waals surface area contributed by atoms with Gasteiger partial charge in [-0.3, -0.25) is 9.89 Å². The predicted molar refractivity (Wildman–Crippen MR) is 121 cm³/mol. The molecule has 0 aromatic carbocycles. The lowest BCUT2D eigenvalue weighted by atomic mass is 9.97. The Morgan fingerprint density at radius 1 is 1.15 bits per heavy atom. The number of rotatable bonds is 5. The van der Waals surface area contributed by atoms with Gasteiger partial charge in [0.1, 0.15) is 5.76 Å². The molecule has 154 valence electrons. The molecule has 7 heteroatoms. The molecule has 0 unspecified atom stereocenters. The molecule has 1 aromatic heterocycles. The molecule has 2 heterocycles. The molecule has 3 N–H and O–H groups in total. The molecule has 27 heavy (non-hydrogen) atoms. The smallest absolute Gasteiger partial charge is 0.208 e. The van der Waals surface area contributed by atoms with Gasteiger partial charge < -0.3 is 15.5 Å². The van der Waals surface area contributed by atoms with Crippen molar-refractivity contribution in [2.75, 3.05) is 19.6 Å². The second kappa shape index (κ2) is 11.2. The first kappa shape index (κ1) is 22.5. The number of aryl methyl sites for hydroxylation is 2. The fourth-order valence-electron chi connectivity index (χ4n) is 4.03. The Morgan fingerprint density at radius 2 is 1.81 bits per heavy atom. The summed E-state index contributed by atoms with van der Waals surface area (Å²) in [5, 5.41) is 3.44. The number of nitrogens with two attached hydrogens (primary N) is 1. The van der Waals surface area contributed by atoms with Crippen LogP contribution in [0.15, 0.2) is 9.41 Å². The van der Waals surface area contributed by atoms with E-state index in [1.807, 2.05) is 13.8 Å². The lowest BCUT2D eigenvalue weighted by molar-refractivity contribution is 0.166. The van der Waals surface area contributed by atoms with Crippen LogP contribution in [0.2, 0.25) is 0 Å². The van der Waals surface area contributed by atoms with Crippen molar-refractivity contribution in [1.29, 1.82) is 0 Å². The molecule has 1 saturated carbocycles. The normalized spacial score (nSPS) is 20.9. The van der Waals surface area contributed by atoms with Crippen molar-refractivity contribution in [2.45, 2.75) is 77.8 Å². The molecule has 0 radical (unpaired) electrons. The van der Waals surface area contributed by atoms with Gasteiger partial charge in [0, 0.05) is 12.6 Å². The van der Waals surface area contributed by atoms with Crippen LogP contribution < -0.4 is 11.1 Å². The molecule has 2 aliphatic rings. The Morgan fingerprint density at radius 3 is 2.41 bits per heavy atom. The highest BCUT2D eigenvalue weighted by Crippen LogP contribution is 2.20. The number of nitrogens with zero attached hydrogens (tertiary/aromatic N) is 3. The number of hydrogen-bond acceptors (Lipinski definition) is 4. The average molecular weight is 489 g/mol. The van der Waals surface area contributed by atoms with E-state index in [-0.39, 0.29) is 24.0 Å². The van der Waals surface area contributed by atoms with E-state index in [1.165, 1.54) is 51.4 Å². The fraction of sp³-hybridized carbons (Fsp3) is 0.800. The fourth-order valence-corrected chi connectivity index (χ4v) is 4.03. The maximum Gasteiger partial charge on any atom is 0.208 e. The third-order valence-electron chi connectivity index (χ3n) is 5.87. The molecular formula is C20H36IN5O. The standard InChI is InChI=1S/C20H35N5O.HI/c1-15-16(2)26-19(23-15)14-25-11-9-17(10-12-25)13-22-20(21)24-18-7-5-3-4-6-8-18;/h17-18H,3-14H2,1-2H3,(H3,21,22,24);1H. The Labute approximate surface area is 180 Å². The predicted octanol–water partition coefficient (Wildman–Crippen LogP) is 3.75. The van der Waals surface area contributed by atoms with Crippen molar-refractivity contribution < 1.29 is 4.42 Å². The zero-order valence-electron chi connectivity index (χ0n) is 16.9. The highest BCUT2D eigenvalue weighted by Gasteiger charge is 2.21. The van der Waals surface area contributed by atoms with Crippen LogP contribution in [0.3, 0.4) is 0 Å². The number of guanidine groups is 1. The van der Waals surface area contributed by atoms with Crippen LogP contribution in [-0.2, 0) is 6.54 Å². The number of halogens is 1. The lowest BCUT2D eigenvalue weighted by Crippen LogP contribution is -2.40. The summed E-state index contributed by atoms with van der Waals surface area (Å²) in [7, 11) is 0. The third-order valence-corrected chi connectivity index (χ3v) is 5.87. The van der Waals surface area contributed by atoms with Gasteiger partial charge in [-0.2, -0.15) is 0 Å². The van der Waals surface area contributed by atoms with Crippen LogP contribution in [0.25, 0.3) is 0 Å².